The van der Waals surface area contributed by atoms with Crippen molar-refractivity contribution in [3.8, 4) is 16.9 Å². The number of rotatable bonds is 5. The fraction of sp³-hybridized carbons (Fsp3) is 0.294. The van der Waals surface area contributed by atoms with E-state index in [2.05, 4.69) is 19.2 Å². The van der Waals surface area contributed by atoms with Crippen LogP contribution in [0.2, 0.25) is 0 Å². The Morgan fingerprint density at radius 2 is 1.80 bits per heavy atom. The number of hydrogen-bond donors (Lipinski definition) is 1. The second kappa shape index (κ2) is 6.53. The summed E-state index contributed by atoms with van der Waals surface area (Å²) in [5, 5.41) is 3.37. The molecule has 2 aromatic rings. The van der Waals surface area contributed by atoms with Crippen LogP contribution in [0.3, 0.4) is 0 Å². The zero-order valence-electron chi connectivity index (χ0n) is 12.1. The number of ether oxygens (including phenoxy) is 1. The first-order valence-corrected chi connectivity index (χ1v) is 6.84. The van der Waals surface area contributed by atoms with Gasteiger partial charge in [-0.2, -0.15) is 0 Å². The van der Waals surface area contributed by atoms with E-state index in [0.717, 1.165) is 17.7 Å². The Morgan fingerprint density at radius 3 is 2.50 bits per heavy atom. The topological polar surface area (TPSA) is 21.3 Å². The molecule has 0 aliphatic heterocycles. The first-order chi connectivity index (χ1) is 9.69. The molecule has 0 aliphatic rings. The summed E-state index contributed by atoms with van der Waals surface area (Å²) in [6.45, 7) is 5.02. The van der Waals surface area contributed by atoms with E-state index in [1.165, 1.54) is 7.11 Å². The first-order valence-electron chi connectivity index (χ1n) is 6.84. The number of nitrogens with one attached hydrogen (secondary N) is 1. The van der Waals surface area contributed by atoms with Gasteiger partial charge in [-0.3, -0.25) is 0 Å². The molecule has 0 aliphatic carbocycles. The van der Waals surface area contributed by atoms with Crippen LogP contribution in [0.5, 0.6) is 5.75 Å². The van der Waals surface area contributed by atoms with Crippen LogP contribution in [0.4, 0.5) is 4.39 Å². The fourth-order valence-corrected chi connectivity index (χ4v) is 2.41. The second-order valence-corrected chi connectivity index (χ2v) is 4.69. The van der Waals surface area contributed by atoms with Crippen LogP contribution in [0.15, 0.2) is 42.5 Å². The maximum atomic E-state index is 14.4. The van der Waals surface area contributed by atoms with Crippen molar-refractivity contribution in [1.82, 2.24) is 5.32 Å². The molecule has 0 aromatic heterocycles. The van der Waals surface area contributed by atoms with Crippen molar-refractivity contribution in [2.45, 2.75) is 19.9 Å². The Morgan fingerprint density at radius 1 is 1.10 bits per heavy atom. The average Bonchev–Trinajstić information content (AvgIpc) is 2.48. The Bertz CT molecular complexity index is 583. The first kappa shape index (κ1) is 14.5. The summed E-state index contributed by atoms with van der Waals surface area (Å²) in [6, 6.07) is 13.3. The van der Waals surface area contributed by atoms with Gasteiger partial charge in [0.1, 0.15) is 0 Å². The molecule has 0 saturated heterocycles. The van der Waals surface area contributed by atoms with Gasteiger partial charge in [0.05, 0.1) is 7.11 Å². The maximum absolute atomic E-state index is 14.4. The molecule has 106 valence electrons. The van der Waals surface area contributed by atoms with Gasteiger partial charge in [-0.05, 0) is 30.7 Å². The summed E-state index contributed by atoms with van der Waals surface area (Å²) < 4.78 is 19.5. The highest BCUT2D eigenvalue weighted by atomic mass is 19.1. The van der Waals surface area contributed by atoms with E-state index in [0.29, 0.717) is 5.56 Å². The van der Waals surface area contributed by atoms with Gasteiger partial charge in [-0.15, -0.1) is 0 Å². The molecule has 0 bridgehead atoms. The average molecular weight is 273 g/mol. The van der Waals surface area contributed by atoms with Gasteiger partial charge in [-0.1, -0.05) is 43.3 Å². The number of hydrogen-bond acceptors (Lipinski definition) is 2. The summed E-state index contributed by atoms with van der Waals surface area (Å²) >= 11 is 0. The van der Waals surface area contributed by atoms with E-state index in [1.54, 1.807) is 12.1 Å². The van der Waals surface area contributed by atoms with Crippen molar-refractivity contribution in [1.29, 1.82) is 0 Å². The quantitative estimate of drug-likeness (QED) is 0.882. The van der Waals surface area contributed by atoms with Crippen LogP contribution >= 0.6 is 0 Å². The molecule has 0 saturated carbocycles. The third-order valence-corrected chi connectivity index (χ3v) is 3.41. The van der Waals surface area contributed by atoms with Gasteiger partial charge >= 0.3 is 0 Å². The van der Waals surface area contributed by atoms with Gasteiger partial charge < -0.3 is 10.1 Å². The standard InChI is InChI=1S/C17H20FNO/c1-4-19-12(2)13-8-5-6-9-14(13)15-10-7-11-16(20-3)17(15)18/h5-12,19H,4H2,1-3H3. The number of benzene rings is 2. The van der Waals surface area contributed by atoms with Gasteiger partial charge in [0.2, 0.25) is 0 Å². The summed E-state index contributed by atoms with van der Waals surface area (Å²) in [7, 11) is 1.48. The minimum absolute atomic E-state index is 0.168. The Balaban J connectivity index is 2.53. The zero-order valence-corrected chi connectivity index (χ0v) is 12.1. The number of methoxy groups -OCH3 is 1. The molecule has 0 spiro atoms. The molecule has 1 N–H and O–H groups in total. The zero-order chi connectivity index (χ0) is 14.5. The third-order valence-electron chi connectivity index (χ3n) is 3.41. The van der Waals surface area contributed by atoms with Gasteiger partial charge in [-0.25, -0.2) is 4.39 Å². The monoisotopic (exact) mass is 273 g/mol. The largest absolute Gasteiger partial charge is 0.494 e. The predicted octanol–water partition coefficient (Wildman–Crippen LogP) is 4.17. The molecule has 3 heteroatoms. The Labute approximate surface area is 119 Å². The van der Waals surface area contributed by atoms with E-state index in [9.17, 15) is 4.39 Å². The van der Waals surface area contributed by atoms with Crippen molar-refractivity contribution < 1.29 is 9.13 Å². The minimum atomic E-state index is -0.314. The normalized spacial score (nSPS) is 12.2. The maximum Gasteiger partial charge on any atom is 0.172 e. The lowest BCUT2D eigenvalue weighted by molar-refractivity contribution is 0.387. The van der Waals surface area contributed by atoms with E-state index >= 15 is 0 Å². The molecular weight excluding hydrogens is 253 g/mol. The molecular formula is C17H20FNO. The summed E-state index contributed by atoms with van der Waals surface area (Å²) in [5.74, 6) is -0.0421. The van der Waals surface area contributed by atoms with Gasteiger partial charge in [0.25, 0.3) is 0 Å². The molecule has 20 heavy (non-hydrogen) atoms. The van der Waals surface area contributed by atoms with E-state index in [1.807, 2.05) is 30.3 Å². The molecule has 0 heterocycles. The SMILES string of the molecule is CCNC(C)c1ccccc1-c1cccc(OC)c1F. The highest BCUT2D eigenvalue weighted by Gasteiger charge is 2.15. The lowest BCUT2D eigenvalue weighted by atomic mass is 9.95. The highest BCUT2D eigenvalue weighted by Crippen LogP contribution is 2.33. The molecule has 0 amide bonds. The molecule has 2 nitrogen and oxygen atoms in total. The van der Waals surface area contributed by atoms with Crippen molar-refractivity contribution in [2.75, 3.05) is 13.7 Å². The van der Waals surface area contributed by atoms with Crippen molar-refractivity contribution >= 4 is 0 Å². The minimum Gasteiger partial charge on any atom is -0.494 e. The molecule has 1 atom stereocenters. The van der Waals surface area contributed by atoms with Crippen molar-refractivity contribution in [3.63, 3.8) is 0 Å². The van der Waals surface area contributed by atoms with Crippen LogP contribution in [0.25, 0.3) is 11.1 Å². The Hall–Kier alpha value is -1.87. The Kier molecular flexibility index (Phi) is 4.74. The molecule has 2 rings (SSSR count). The molecule has 0 radical (unpaired) electrons. The van der Waals surface area contributed by atoms with Crippen LogP contribution in [0.1, 0.15) is 25.5 Å². The second-order valence-electron chi connectivity index (χ2n) is 4.69. The lowest BCUT2D eigenvalue weighted by Gasteiger charge is -2.18. The predicted molar refractivity (Wildman–Crippen MR) is 80.5 cm³/mol. The van der Waals surface area contributed by atoms with Crippen molar-refractivity contribution in [2.24, 2.45) is 0 Å². The molecule has 1 unspecified atom stereocenters. The van der Waals surface area contributed by atoms with E-state index in [-0.39, 0.29) is 17.6 Å². The van der Waals surface area contributed by atoms with Gasteiger partial charge in [0, 0.05) is 11.6 Å². The number of halogens is 1. The van der Waals surface area contributed by atoms with E-state index in [4.69, 9.17) is 4.74 Å². The van der Waals surface area contributed by atoms with E-state index < -0.39 is 0 Å². The summed E-state index contributed by atoms with van der Waals surface area (Å²) in [4.78, 5) is 0. The lowest BCUT2D eigenvalue weighted by Crippen LogP contribution is -2.18. The third kappa shape index (κ3) is 2.83. The van der Waals surface area contributed by atoms with Crippen LogP contribution in [0, 0.1) is 5.82 Å². The smallest absolute Gasteiger partial charge is 0.172 e. The molecule has 0 fully saturated rings. The van der Waals surface area contributed by atoms with Crippen molar-refractivity contribution in [3.05, 3.63) is 53.8 Å². The highest BCUT2D eigenvalue weighted by molar-refractivity contribution is 5.70. The van der Waals surface area contributed by atoms with Crippen LogP contribution in [-0.4, -0.2) is 13.7 Å². The van der Waals surface area contributed by atoms with Crippen LogP contribution < -0.4 is 10.1 Å². The van der Waals surface area contributed by atoms with Crippen LogP contribution in [-0.2, 0) is 0 Å². The van der Waals surface area contributed by atoms with Gasteiger partial charge in [0.15, 0.2) is 11.6 Å². The summed E-state index contributed by atoms with van der Waals surface area (Å²) in [5.41, 5.74) is 2.56. The fourth-order valence-electron chi connectivity index (χ4n) is 2.41. The summed E-state index contributed by atoms with van der Waals surface area (Å²) in [6.07, 6.45) is 0. The molecule has 2 aromatic carbocycles.